The Morgan fingerprint density at radius 3 is 2.56 bits per heavy atom. The van der Waals surface area contributed by atoms with Gasteiger partial charge in [-0.15, -0.1) is 0 Å². The summed E-state index contributed by atoms with van der Waals surface area (Å²) in [6.07, 6.45) is 1.79. The van der Waals surface area contributed by atoms with E-state index in [0.717, 1.165) is 16.8 Å². The second-order valence-electron chi connectivity index (χ2n) is 4.11. The van der Waals surface area contributed by atoms with Crippen LogP contribution in [0.25, 0.3) is 0 Å². The second kappa shape index (κ2) is 6.42. The van der Waals surface area contributed by atoms with Crippen LogP contribution in [-0.2, 0) is 4.74 Å². The first kappa shape index (κ1) is 13.7. The molecular formula is C12H20BrNO2. The zero-order chi connectivity index (χ0) is 12.1. The highest BCUT2D eigenvalue weighted by atomic mass is 79.9. The molecule has 1 aromatic heterocycles. The predicted octanol–water partition coefficient (Wildman–Crippen LogP) is 3.36. The monoisotopic (exact) mass is 289 g/mol. The minimum Gasteiger partial charge on any atom is -0.466 e. The van der Waals surface area contributed by atoms with E-state index in [1.807, 2.05) is 6.07 Å². The highest BCUT2D eigenvalue weighted by molar-refractivity contribution is 9.10. The Kier molecular flexibility index (Phi) is 5.52. The molecule has 0 saturated heterocycles. The molecule has 1 heterocycles. The van der Waals surface area contributed by atoms with Crippen molar-refractivity contribution in [1.82, 2.24) is 5.32 Å². The normalized spacial score (nSPS) is 15.4. The van der Waals surface area contributed by atoms with Gasteiger partial charge in [-0.3, -0.25) is 0 Å². The van der Waals surface area contributed by atoms with Gasteiger partial charge in [0.1, 0.15) is 5.76 Å². The van der Waals surface area contributed by atoms with Gasteiger partial charge in [0.25, 0.3) is 0 Å². The zero-order valence-electron chi connectivity index (χ0n) is 10.3. The van der Waals surface area contributed by atoms with Crippen LogP contribution >= 0.6 is 15.9 Å². The Labute approximate surface area is 106 Å². The smallest absolute Gasteiger partial charge is 0.137 e. The molecule has 0 bridgehead atoms. The third-order valence-corrected chi connectivity index (χ3v) is 3.26. The van der Waals surface area contributed by atoms with E-state index in [1.54, 1.807) is 13.4 Å². The molecule has 0 aliphatic rings. The van der Waals surface area contributed by atoms with E-state index in [9.17, 15) is 0 Å². The Bertz CT molecular complexity index is 312. The summed E-state index contributed by atoms with van der Waals surface area (Å²) in [5, 5.41) is 3.41. The fraction of sp³-hybridized carbons (Fsp3) is 0.667. The van der Waals surface area contributed by atoms with Crippen LogP contribution in [0.1, 0.15) is 32.6 Å². The maximum atomic E-state index is 5.56. The van der Waals surface area contributed by atoms with Gasteiger partial charge < -0.3 is 14.5 Å². The van der Waals surface area contributed by atoms with Gasteiger partial charge in [-0.25, -0.2) is 0 Å². The molecule has 0 spiro atoms. The number of rotatable bonds is 6. The van der Waals surface area contributed by atoms with Crippen LogP contribution in [0.15, 0.2) is 21.2 Å². The maximum Gasteiger partial charge on any atom is 0.137 e. The summed E-state index contributed by atoms with van der Waals surface area (Å²) in [5.74, 6) is 1.33. The first-order valence-corrected chi connectivity index (χ1v) is 6.40. The molecule has 0 fully saturated rings. The van der Waals surface area contributed by atoms with Crippen LogP contribution in [0.2, 0.25) is 0 Å². The first-order chi connectivity index (χ1) is 7.61. The van der Waals surface area contributed by atoms with Gasteiger partial charge in [-0.1, -0.05) is 20.8 Å². The van der Waals surface area contributed by atoms with Gasteiger partial charge in [0.05, 0.1) is 22.9 Å². The lowest BCUT2D eigenvalue weighted by Gasteiger charge is -2.28. The van der Waals surface area contributed by atoms with Crippen molar-refractivity contribution in [2.75, 3.05) is 13.7 Å². The molecular weight excluding hydrogens is 270 g/mol. The number of likely N-dealkylation sites (N-methyl/N-ethyl adjacent to an activating group) is 1. The zero-order valence-corrected chi connectivity index (χ0v) is 11.9. The predicted molar refractivity (Wildman–Crippen MR) is 68.5 cm³/mol. The highest BCUT2D eigenvalue weighted by Crippen LogP contribution is 2.30. The lowest BCUT2D eigenvalue weighted by molar-refractivity contribution is 0.0266. The molecule has 0 aliphatic carbocycles. The van der Waals surface area contributed by atoms with Gasteiger partial charge in [-0.2, -0.15) is 0 Å². The van der Waals surface area contributed by atoms with Crippen molar-refractivity contribution in [2.24, 2.45) is 5.92 Å². The summed E-state index contributed by atoms with van der Waals surface area (Å²) in [7, 11) is 1.74. The average Bonchev–Trinajstić information content (AvgIpc) is 2.63. The van der Waals surface area contributed by atoms with E-state index in [1.165, 1.54) is 0 Å². The molecule has 0 saturated carbocycles. The van der Waals surface area contributed by atoms with Crippen molar-refractivity contribution in [3.8, 4) is 0 Å². The molecule has 1 N–H and O–H groups in total. The van der Waals surface area contributed by atoms with Crippen LogP contribution in [0.5, 0.6) is 0 Å². The number of methoxy groups -OCH3 is 1. The van der Waals surface area contributed by atoms with Gasteiger partial charge in [-0.05, 0) is 34.5 Å². The van der Waals surface area contributed by atoms with E-state index in [0.29, 0.717) is 5.92 Å². The van der Waals surface area contributed by atoms with Gasteiger partial charge in [0.2, 0.25) is 0 Å². The quantitative estimate of drug-likeness (QED) is 0.872. The summed E-state index contributed by atoms with van der Waals surface area (Å²) in [6.45, 7) is 7.26. The molecule has 1 rings (SSSR count). The van der Waals surface area contributed by atoms with Crippen LogP contribution in [0, 0.1) is 5.92 Å². The third-order valence-electron chi connectivity index (χ3n) is 2.61. The first-order valence-electron chi connectivity index (χ1n) is 5.60. The Morgan fingerprint density at radius 1 is 1.50 bits per heavy atom. The van der Waals surface area contributed by atoms with Gasteiger partial charge in [0.15, 0.2) is 0 Å². The standard InChI is InChI=1S/C12H20BrNO2/c1-5-14-10(11(15-4)8(2)3)12-9(13)6-7-16-12/h6-8,10-11,14H,5H2,1-4H3. The Hall–Kier alpha value is -0.320. The fourth-order valence-corrected chi connectivity index (χ4v) is 2.35. The number of furan rings is 1. The summed E-state index contributed by atoms with van der Waals surface area (Å²) in [4.78, 5) is 0. The van der Waals surface area contributed by atoms with E-state index >= 15 is 0 Å². The minimum absolute atomic E-state index is 0.0828. The van der Waals surface area contributed by atoms with Crippen molar-refractivity contribution in [3.05, 3.63) is 22.6 Å². The van der Waals surface area contributed by atoms with E-state index in [2.05, 4.69) is 42.0 Å². The molecule has 2 unspecified atom stereocenters. The molecule has 16 heavy (non-hydrogen) atoms. The van der Waals surface area contributed by atoms with Crippen molar-refractivity contribution in [1.29, 1.82) is 0 Å². The molecule has 0 aromatic carbocycles. The molecule has 0 radical (unpaired) electrons. The molecule has 0 amide bonds. The van der Waals surface area contributed by atoms with Gasteiger partial charge in [0, 0.05) is 7.11 Å². The Morgan fingerprint density at radius 2 is 2.19 bits per heavy atom. The van der Waals surface area contributed by atoms with Gasteiger partial charge >= 0.3 is 0 Å². The van der Waals surface area contributed by atoms with Crippen molar-refractivity contribution < 1.29 is 9.15 Å². The largest absolute Gasteiger partial charge is 0.466 e. The van der Waals surface area contributed by atoms with Crippen LogP contribution < -0.4 is 5.32 Å². The van der Waals surface area contributed by atoms with E-state index < -0.39 is 0 Å². The maximum absolute atomic E-state index is 5.56. The SMILES string of the molecule is CCNC(c1occc1Br)C(OC)C(C)C. The number of hydrogen-bond acceptors (Lipinski definition) is 3. The summed E-state index contributed by atoms with van der Waals surface area (Å²) in [6, 6.07) is 1.99. The molecule has 4 heteroatoms. The molecule has 2 atom stereocenters. The summed E-state index contributed by atoms with van der Waals surface area (Å²) >= 11 is 3.49. The number of nitrogens with one attached hydrogen (secondary N) is 1. The van der Waals surface area contributed by atoms with Crippen molar-refractivity contribution >= 4 is 15.9 Å². The fourth-order valence-electron chi connectivity index (χ4n) is 1.90. The lowest BCUT2D eigenvalue weighted by atomic mass is 9.97. The van der Waals surface area contributed by atoms with Crippen LogP contribution in [0.4, 0.5) is 0 Å². The molecule has 3 nitrogen and oxygen atoms in total. The number of hydrogen-bond donors (Lipinski definition) is 1. The molecule has 0 aliphatic heterocycles. The lowest BCUT2D eigenvalue weighted by Crippen LogP contribution is -2.36. The topological polar surface area (TPSA) is 34.4 Å². The highest BCUT2D eigenvalue weighted by Gasteiger charge is 2.29. The van der Waals surface area contributed by atoms with Crippen LogP contribution in [-0.4, -0.2) is 19.8 Å². The number of ether oxygens (including phenoxy) is 1. The Balaban J connectivity index is 2.93. The molecule has 1 aromatic rings. The summed E-state index contributed by atoms with van der Waals surface area (Å²) < 4.78 is 12.1. The average molecular weight is 290 g/mol. The number of halogens is 1. The van der Waals surface area contributed by atoms with E-state index in [4.69, 9.17) is 9.15 Å². The molecule has 92 valence electrons. The minimum atomic E-state index is 0.0828. The van der Waals surface area contributed by atoms with E-state index in [-0.39, 0.29) is 12.1 Å². The summed E-state index contributed by atoms with van der Waals surface area (Å²) in [5.41, 5.74) is 0. The second-order valence-corrected chi connectivity index (χ2v) is 4.97. The van der Waals surface area contributed by atoms with Crippen molar-refractivity contribution in [2.45, 2.75) is 32.9 Å². The third kappa shape index (κ3) is 3.09. The van der Waals surface area contributed by atoms with Crippen molar-refractivity contribution in [3.63, 3.8) is 0 Å². The van der Waals surface area contributed by atoms with Crippen LogP contribution in [0.3, 0.4) is 0 Å².